The van der Waals surface area contributed by atoms with Gasteiger partial charge in [-0.3, -0.25) is 4.79 Å². The molecule has 0 saturated carbocycles. The van der Waals surface area contributed by atoms with Gasteiger partial charge in [-0.2, -0.15) is 0 Å². The predicted octanol–water partition coefficient (Wildman–Crippen LogP) is 1.61. The lowest BCUT2D eigenvalue weighted by molar-refractivity contribution is -0.140. The van der Waals surface area contributed by atoms with Gasteiger partial charge in [-0.1, -0.05) is 0 Å². The summed E-state index contributed by atoms with van der Waals surface area (Å²) in [4.78, 5) is 25.0. The number of carbonyl (C=O) groups excluding carboxylic acids is 1. The Morgan fingerprint density at radius 3 is 2.72 bits per heavy atom. The number of nitrogens with zero attached hydrogens (tertiary/aromatic N) is 3. The Kier molecular flexibility index (Phi) is 5.34. The number of likely N-dealkylation sites (tertiary alicyclic amines) is 1. The SMILES string of the molecule is CS(=O)(=O)CCC(=O)N1CCC2(CC1)OCCc1sc(-c3cnc(N)cn3)cc12. The lowest BCUT2D eigenvalue weighted by atomic mass is 9.82. The number of rotatable bonds is 4. The number of piperidine rings is 1. The van der Waals surface area contributed by atoms with Crippen molar-refractivity contribution < 1.29 is 17.9 Å². The first kappa shape index (κ1) is 20.2. The van der Waals surface area contributed by atoms with E-state index in [4.69, 9.17) is 10.5 Å². The number of hydrogen-bond acceptors (Lipinski definition) is 8. The van der Waals surface area contributed by atoms with Gasteiger partial charge in [0.15, 0.2) is 0 Å². The molecule has 0 aliphatic carbocycles. The first-order valence-corrected chi connectivity index (χ1v) is 12.4. The van der Waals surface area contributed by atoms with Crippen LogP contribution in [0.4, 0.5) is 5.82 Å². The zero-order valence-corrected chi connectivity index (χ0v) is 17.9. The van der Waals surface area contributed by atoms with Crippen LogP contribution >= 0.6 is 11.3 Å². The van der Waals surface area contributed by atoms with Gasteiger partial charge in [-0.15, -0.1) is 11.3 Å². The van der Waals surface area contributed by atoms with Crippen molar-refractivity contribution in [3.63, 3.8) is 0 Å². The highest BCUT2D eigenvalue weighted by Gasteiger charge is 2.42. The monoisotopic (exact) mass is 436 g/mol. The molecule has 0 aromatic carbocycles. The van der Waals surface area contributed by atoms with Crippen molar-refractivity contribution in [3.05, 3.63) is 28.9 Å². The van der Waals surface area contributed by atoms with Gasteiger partial charge in [0.05, 0.1) is 40.9 Å². The normalized spacial score (nSPS) is 18.6. The van der Waals surface area contributed by atoms with Crippen LogP contribution in [-0.2, 0) is 31.4 Å². The molecule has 4 heterocycles. The molecule has 8 nitrogen and oxygen atoms in total. The summed E-state index contributed by atoms with van der Waals surface area (Å²) in [6, 6.07) is 2.14. The fraction of sp³-hybridized carbons (Fsp3) is 0.526. The van der Waals surface area contributed by atoms with E-state index < -0.39 is 15.4 Å². The Labute approximate surface area is 174 Å². The smallest absolute Gasteiger partial charge is 0.223 e. The molecule has 2 aromatic heterocycles. The molecule has 0 unspecified atom stereocenters. The molecule has 10 heteroatoms. The van der Waals surface area contributed by atoms with Crippen LogP contribution in [0.2, 0.25) is 0 Å². The summed E-state index contributed by atoms with van der Waals surface area (Å²) in [5.41, 5.74) is 7.23. The van der Waals surface area contributed by atoms with Crippen LogP contribution in [0, 0.1) is 0 Å². The topological polar surface area (TPSA) is 115 Å². The van der Waals surface area contributed by atoms with Crippen LogP contribution in [0.15, 0.2) is 18.5 Å². The molecule has 1 fully saturated rings. The Morgan fingerprint density at radius 1 is 1.31 bits per heavy atom. The molecule has 1 amide bonds. The maximum absolute atomic E-state index is 12.4. The van der Waals surface area contributed by atoms with Crippen molar-refractivity contribution in [1.82, 2.24) is 14.9 Å². The minimum absolute atomic E-state index is 0.0380. The molecule has 0 bridgehead atoms. The molecular formula is C19H24N4O4S2. The number of aromatic nitrogens is 2. The van der Waals surface area contributed by atoms with Gasteiger partial charge in [-0.05, 0) is 24.5 Å². The van der Waals surface area contributed by atoms with Crippen LogP contribution in [-0.4, -0.2) is 60.9 Å². The average molecular weight is 437 g/mol. The molecule has 2 aliphatic rings. The third-order valence-electron chi connectivity index (χ3n) is 5.54. The number of amides is 1. The minimum Gasteiger partial charge on any atom is -0.382 e. The number of sulfone groups is 1. The molecule has 1 saturated heterocycles. The Hall–Kier alpha value is -2.04. The number of fused-ring (bicyclic) bond motifs is 2. The van der Waals surface area contributed by atoms with Gasteiger partial charge >= 0.3 is 0 Å². The van der Waals surface area contributed by atoms with E-state index in [-0.39, 0.29) is 18.1 Å². The lowest BCUT2D eigenvalue weighted by Crippen LogP contribution is -2.48. The van der Waals surface area contributed by atoms with E-state index in [1.807, 2.05) is 0 Å². The minimum atomic E-state index is -3.14. The summed E-state index contributed by atoms with van der Waals surface area (Å²) >= 11 is 1.71. The number of nitrogen functional groups attached to an aromatic ring is 1. The van der Waals surface area contributed by atoms with Crippen LogP contribution < -0.4 is 5.73 Å². The fourth-order valence-corrected chi connectivity index (χ4v) is 5.71. The second-order valence-electron chi connectivity index (χ2n) is 7.63. The Bertz CT molecular complexity index is 1010. The third kappa shape index (κ3) is 4.29. The first-order valence-electron chi connectivity index (χ1n) is 9.56. The van der Waals surface area contributed by atoms with Crippen LogP contribution in [0.1, 0.15) is 29.7 Å². The van der Waals surface area contributed by atoms with E-state index >= 15 is 0 Å². The number of anilines is 1. The third-order valence-corrected chi connectivity index (χ3v) is 7.71. The van der Waals surface area contributed by atoms with Crippen LogP contribution in [0.5, 0.6) is 0 Å². The molecular weight excluding hydrogens is 412 g/mol. The van der Waals surface area contributed by atoms with Gasteiger partial charge in [0.25, 0.3) is 0 Å². The van der Waals surface area contributed by atoms with Crippen LogP contribution in [0.3, 0.4) is 0 Å². The number of hydrogen-bond donors (Lipinski definition) is 1. The molecule has 2 aliphatic heterocycles. The molecule has 156 valence electrons. The Balaban J connectivity index is 1.50. The van der Waals surface area contributed by atoms with E-state index in [2.05, 4.69) is 16.0 Å². The maximum atomic E-state index is 12.4. The summed E-state index contributed by atoms with van der Waals surface area (Å²) in [6.07, 6.45) is 6.70. The van der Waals surface area contributed by atoms with E-state index in [0.717, 1.165) is 23.2 Å². The van der Waals surface area contributed by atoms with Crippen molar-refractivity contribution >= 4 is 32.9 Å². The largest absolute Gasteiger partial charge is 0.382 e. The van der Waals surface area contributed by atoms with Crippen molar-refractivity contribution in [2.75, 3.05) is 37.4 Å². The zero-order chi connectivity index (χ0) is 20.6. The highest BCUT2D eigenvalue weighted by molar-refractivity contribution is 7.90. The number of ether oxygens (including phenoxy) is 1. The number of thiophene rings is 1. The van der Waals surface area contributed by atoms with Gasteiger partial charge < -0.3 is 15.4 Å². The number of carbonyl (C=O) groups is 1. The predicted molar refractivity (Wildman–Crippen MR) is 111 cm³/mol. The van der Waals surface area contributed by atoms with E-state index in [9.17, 15) is 13.2 Å². The molecule has 29 heavy (non-hydrogen) atoms. The summed E-state index contributed by atoms with van der Waals surface area (Å²) in [5, 5.41) is 0. The molecule has 2 N–H and O–H groups in total. The van der Waals surface area contributed by atoms with Crippen molar-refractivity contribution in [2.45, 2.75) is 31.3 Å². The van der Waals surface area contributed by atoms with Gasteiger partial charge in [-0.25, -0.2) is 18.4 Å². The number of nitrogens with two attached hydrogens (primary N) is 1. The fourth-order valence-electron chi connectivity index (χ4n) is 3.97. The highest BCUT2D eigenvalue weighted by atomic mass is 32.2. The summed E-state index contributed by atoms with van der Waals surface area (Å²) < 4.78 is 28.9. The molecule has 1 spiro atoms. The second-order valence-corrected chi connectivity index (χ2v) is 11.0. The first-order chi connectivity index (χ1) is 13.8. The molecule has 0 radical (unpaired) electrons. The van der Waals surface area contributed by atoms with Gasteiger partial charge in [0.2, 0.25) is 5.91 Å². The standard InChI is InChI=1S/C19H24N4O4S2/c1-29(25,26)9-3-18(24)23-6-4-19(5-7-23)13-10-16(28-15(13)2-8-27-19)14-11-22-17(20)12-21-14/h10-12H,2-9H2,1H3,(H2,20,22). The average Bonchev–Trinajstić information content (AvgIpc) is 3.13. The van der Waals surface area contributed by atoms with Crippen molar-refractivity contribution in [2.24, 2.45) is 0 Å². The lowest BCUT2D eigenvalue weighted by Gasteiger charge is -2.44. The summed E-state index contributed by atoms with van der Waals surface area (Å²) in [5.74, 6) is 0.178. The second kappa shape index (κ2) is 7.66. The molecule has 0 atom stereocenters. The van der Waals surface area contributed by atoms with Gasteiger partial charge in [0, 0.05) is 37.1 Å². The molecule has 4 rings (SSSR count). The van der Waals surface area contributed by atoms with E-state index in [0.29, 0.717) is 38.4 Å². The van der Waals surface area contributed by atoms with Crippen LogP contribution in [0.25, 0.3) is 10.6 Å². The van der Waals surface area contributed by atoms with Crippen molar-refractivity contribution in [1.29, 1.82) is 0 Å². The highest BCUT2D eigenvalue weighted by Crippen LogP contribution is 2.46. The maximum Gasteiger partial charge on any atom is 0.223 e. The summed E-state index contributed by atoms with van der Waals surface area (Å²) in [7, 11) is -3.14. The summed E-state index contributed by atoms with van der Waals surface area (Å²) in [6.45, 7) is 1.78. The van der Waals surface area contributed by atoms with Crippen molar-refractivity contribution in [3.8, 4) is 10.6 Å². The van der Waals surface area contributed by atoms with Gasteiger partial charge in [0.1, 0.15) is 15.7 Å². The quantitative estimate of drug-likeness (QED) is 0.774. The van der Waals surface area contributed by atoms with E-state index in [1.165, 1.54) is 10.4 Å². The van der Waals surface area contributed by atoms with E-state index in [1.54, 1.807) is 28.6 Å². The Morgan fingerprint density at radius 2 is 2.07 bits per heavy atom. The molecule has 2 aromatic rings. The zero-order valence-electron chi connectivity index (χ0n) is 16.3.